The van der Waals surface area contributed by atoms with Crippen molar-refractivity contribution in [3.8, 4) is 0 Å². The Bertz CT molecular complexity index is 109. The Hall–Kier alpha value is -0.630. The first kappa shape index (κ1) is 10.4. The Labute approximate surface area is 68.9 Å². The summed E-state index contributed by atoms with van der Waals surface area (Å²) in [7, 11) is 2.18. The van der Waals surface area contributed by atoms with Crippen molar-refractivity contribution < 1.29 is 4.79 Å². The monoisotopic (exact) mass is 155 g/mol. The van der Waals surface area contributed by atoms with Gasteiger partial charge in [-0.25, -0.2) is 0 Å². The molecule has 0 N–H and O–H groups in total. The highest BCUT2D eigenvalue weighted by molar-refractivity contribution is 5.63. The molecule has 0 radical (unpaired) electrons. The first-order chi connectivity index (χ1) is 5.20. The van der Waals surface area contributed by atoms with Gasteiger partial charge in [-0.2, -0.15) is 0 Å². The highest BCUT2D eigenvalue weighted by Crippen LogP contribution is 2.11. The minimum absolute atomic E-state index is 0.639. The van der Waals surface area contributed by atoms with Gasteiger partial charge in [0.05, 0.1) is 0 Å². The van der Waals surface area contributed by atoms with E-state index in [0.717, 1.165) is 5.92 Å². The second-order valence-corrected chi connectivity index (χ2v) is 3.03. The number of rotatable bonds is 1. The number of aldehydes is 1. The van der Waals surface area contributed by atoms with Gasteiger partial charge < -0.3 is 4.90 Å². The Balaban J connectivity index is 0.000000218. The molecule has 1 aliphatic heterocycles. The van der Waals surface area contributed by atoms with Crippen LogP contribution in [-0.4, -0.2) is 31.3 Å². The van der Waals surface area contributed by atoms with Crippen LogP contribution in [-0.2, 0) is 4.79 Å². The van der Waals surface area contributed by atoms with E-state index < -0.39 is 0 Å². The summed E-state index contributed by atoms with van der Waals surface area (Å²) in [5.41, 5.74) is 0. The van der Waals surface area contributed by atoms with Crippen LogP contribution in [0.1, 0.15) is 13.3 Å². The fourth-order valence-corrected chi connectivity index (χ4v) is 1.16. The van der Waals surface area contributed by atoms with Gasteiger partial charge in [-0.05, 0) is 32.0 Å². The predicted molar refractivity (Wildman–Crippen MR) is 47.5 cm³/mol. The largest absolute Gasteiger partial charge is 0.306 e. The van der Waals surface area contributed by atoms with Crippen LogP contribution in [0.2, 0.25) is 0 Å². The van der Waals surface area contributed by atoms with E-state index in [9.17, 15) is 0 Å². The Kier molecular flexibility index (Phi) is 5.75. The van der Waals surface area contributed by atoms with Crippen molar-refractivity contribution in [3.63, 3.8) is 0 Å². The third kappa shape index (κ3) is 5.80. The summed E-state index contributed by atoms with van der Waals surface area (Å²) in [5, 5.41) is 0. The molecule has 0 aliphatic carbocycles. The lowest BCUT2D eigenvalue weighted by molar-refractivity contribution is -0.104. The maximum atomic E-state index is 9.06. The lowest BCUT2D eigenvalue weighted by Crippen LogP contribution is -2.12. The second-order valence-electron chi connectivity index (χ2n) is 3.03. The Morgan fingerprint density at radius 1 is 1.64 bits per heavy atom. The van der Waals surface area contributed by atoms with Crippen molar-refractivity contribution in [2.45, 2.75) is 13.3 Å². The van der Waals surface area contributed by atoms with Gasteiger partial charge in [-0.3, -0.25) is 4.79 Å². The first-order valence-electron chi connectivity index (χ1n) is 3.95. The summed E-state index contributed by atoms with van der Waals surface area (Å²) in [6.07, 6.45) is 3.23. The van der Waals surface area contributed by atoms with E-state index in [-0.39, 0.29) is 0 Å². The van der Waals surface area contributed by atoms with E-state index in [1.165, 1.54) is 25.6 Å². The fourth-order valence-electron chi connectivity index (χ4n) is 1.16. The van der Waals surface area contributed by atoms with Gasteiger partial charge in [0.2, 0.25) is 0 Å². The zero-order chi connectivity index (χ0) is 8.69. The van der Waals surface area contributed by atoms with E-state index in [2.05, 4.69) is 25.5 Å². The minimum Gasteiger partial charge on any atom is -0.306 e. The van der Waals surface area contributed by atoms with Crippen molar-refractivity contribution >= 4 is 6.29 Å². The summed E-state index contributed by atoms with van der Waals surface area (Å²) < 4.78 is 0. The molecule has 11 heavy (non-hydrogen) atoms. The number of allylic oxidation sites excluding steroid dienone is 1. The molecule has 0 spiro atoms. The van der Waals surface area contributed by atoms with Crippen molar-refractivity contribution in [2.24, 2.45) is 5.92 Å². The highest BCUT2D eigenvalue weighted by atomic mass is 16.1. The topological polar surface area (TPSA) is 20.3 Å². The summed E-state index contributed by atoms with van der Waals surface area (Å²) in [5.74, 6) is 0.949. The van der Waals surface area contributed by atoms with E-state index in [1.807, 2.05) is 0 Å². The van der Waals surface area contributed by atoms with Crippen LogP contribution in [0.3, 0.4) is 0 Å². The molecule has 1 saturated heterocycles. The van der Waals surface area contributed by atoms with Crippen LogP contribution in [0.4, 0.5) is 0 Å². The lowest BCUT2D eigenvalue weighted by atomic mass is 10.2. The quantitative estimate of drug-likeness (QED) is 0.420. The number of carbonyl (C=O) groups excluding carboxylic acids is 1. The van der Waals surface area contributed by atoms with Gasteiger partial charge in [0, 0.05) is 6.54 Å². The van der Waals surface area contributed by atoms with Crippen LogP contribution in [0.15, 0.2) is 12.7 Å². The molecule has 1 aliphatic rings. The Morgan fingerprint density at radius 3 is 2.27 bits per heavy atom. The van der Waals surface area contributed by atoms with Crippen LogP contribution in [0, 0.1) is 5.92 Å². The van der Waals surface area contributed by atoms with Crippen molar-refractivity contribution in [1.82, 2.24) is 4.90 Å². The van der Waals surface area contributed by atoms with Gasteiger partial charge in [0.15, 0.2) is 0 Å². The summed E-state index contributed by atoms with van der Waals surface area (Å²) in [4.78, 5) is 11.4. The molecular weight excluding hydrogens is 138 g/mol. The lowest BCUT2D eigenvalue weighted by Gasteiger charge is -2.03. The molecule has 1 atom stereocenters. The molecule has 1 fully saturated rings. The van der Waals surface area contributed by atoms with Crippen LogP contribution < -0.4 is 0 Å². The third-order valence-corrected chi connectivity index (χ3v) is 1.72. The smallest absolute Gasteiger partial charge is 0.142 e. The van der Waals surface area contributed by atoms with E-state index >= 15 is 0 Å². The summed E-state index contributed by atoms with van der Waals surface area (Å²) in [6.45, 7) is 8.03. The number of hydrogen-bond acceptors (Lipinski definition) is 2. The van der Waals surface area contributed by atoms with Crippen LogP contribution >= 0.6 is 0 Å². The van der Waals surface area contributed by atoms with Crippen molar-refractivity contribution in [1.29, 1.82) is 0 Å². The van der Waals surface area contributed by atoms with Gasteiger partial charge in [0.1, 0.15) is 6.29 Å². The minimum atomic E-state index is 0.639. The molecule has 0 bridgehead atoms. The molecule has 1 unspecified atom stereocenters. The van der Waals surface area contributed by atoms with E-state index in [4.69, 9.17) is 4.79 Å². The maximum absolute atomic E-state index is 9.06. The van der Waals surface area contributed by atoms with Gasteiger partial charge in [-0.1, -0.05) is 13.5 Å². The van der Waals surface area contributed by atoms with Crippen LogP contribution in [0.25, 0.3) is 0 Å². The predicted octanol–water partition coefficient (Wildman–Crippen LogP) is 1.33. The van der Waals surface area contributed by atoms with Crippen LogP contribution in [0.5, 0.6) is 0 Å². The maximum Gasteiger partial charge on any atom is 0.142 e. The number of hydrogen-bond donors (Lipinski definition) is 0. The molecule has 0 amide bonds. The van der Waals surface area contributed by atoms with E-state index in [0.29, 0.717) is 6.29 Å². The van der Waals surface area contributed by atoms with Gasteiger partial charge >= 0.3 is 0 Å². The van der Waals surface area contributed by atoms with E-state index in [1.54, 1.807) is 0 Å². The Morgan fingerprint density at radius 2 is 2.18 bits per heavy atom. The summed E-state index contributed by atoms with van der Waals surface area (Å²) >= 11 is 0. The average Bonchev–Trinajstić information content (AvgIpc) is 2.35. The molecule has 0 aromatic carbocycles. The standard InChI is InChI=1S/C6H13N.C3H4O/c1-6-3-4-7(2)5-6;1-2-3-4/h6H,3-5H2,1-2H3;2-3H,1H2. The molecule has 1 heterocycles. The fraction of sp³-hybridized carbons (Fsp3) is 0.667. The average molecular weight is 155 g/mol. The van der Waals surface area contributed by atoms with Crippen molar-refractivity contribution in [2.75, 3.05) is 20.1 Å². The normalized spacial score (nSPS) is 23.6. The molecule has 0 aromatic heterocycles. The van der Waals surface area contributed by atoms with Gasteiger partial charge in [-0.15, -0.1) is 0 Å². The molecule has 2 heteroatoms. The second kappa shape index (κ2) is 6.10. The molecule has 0 aromatic rings. The zero-order valence-corrected chi connectivity index (χ0v) is 7.42. The molecule has 0 saturated carbocycles. The summed E-state index contributed by atoms with van der Waals surface area (Å²) in [6, 6.07) is 0. The zero-order valence-electron chi connectivity index (χ0n) is 7.42. The number of nitrogens with zero attached hydrogens (tertiary/aromatic N) is 1. The number of carbonyl (C=O) groups is 1. The van der Waals surface area contributed by atoms with Gasteiger partial charge in [0.25, 0.3) is 0 Å². The SMILES string of the molecule is C=CC=O.CC1CCN(C)C1. The molecular formula is C9H17NO. The molecule has 2 nitrogen and oxygen atoms in total. The first-order valence-corrected chi connectivity index (χ1v) is 3.95. The third-order valence-electron chi connectivity index (χ3n) is 1.72. The van der Waals surface area contributed by atoms with Crippen molar-refractivity contribution in [3.05, 3.63) is 12.7 Å². The molecule has 64 valence electrons. The molecule has 1 rings (SSSR count). The number of likely N-dealkylation sites (tertiary alicyclic amines) is 1. The highest BCUT2D eigenvalue weighted by Gasteiger charge is 2.13.